The van der Waals surface area contributed by atoms with Crippen molar-refractivity contribution in [3.63, 3.8) is 0 Å². The van der Waals surface area contributed by atoms with E-state index >= 15 is 0 Å². The topological polar surface area (TPSA) is 29.5 Å². The molecule has 3 rings (SSSR count). The normalized spacial score (nSPS) is 13.0. The van der Waals surface area contributed by atoms with Gasteiger partial charge < -0.3 is 9.64 Å². The molecule has 1 aliphatic heterocycles. The van der Waals surface area contributed by atoms with Gasteiger partial charge in [0.2, 0.25) is 0 Å². The Hall–Kier alpha value is -2.14. The fourth-order valence-electron chi connectivity index (χ4n) is 2.82. The highest BCUT2D eigenvalue weighted by atomic mass is 32.1. The Bertz CT molecular complexity index is 753. The molecule has 120 valence electrons. The summed E-state index contributed by atoms with van der Waals surface area (Å²) in [5.41, 5.74) is 2.92. The molecule has 0 saturated carbocycles. The quantitative estimate of drug-likeness (QED) is 0.619. The Morgan fingerprint density at radius 2 is 2.30 bits per heavy atom. The second-order valence-electron chi connectivity index (χ2n) is 5.33. The highest BCUT2D eigenvalue weighted by Crippen LogP contribution is 2.41. The molecule has 0 radical (unpaired) electrons. The molecule has 0 amide bonds. The van der Waals surface area contributed by atoms with Gasteiger partial charge in [0.25, 0.3) is 0 Å². The lowest BCUT2D eigenvalue weighted by Gasteiger charge is -2.23. The minimum absolute atomic E-state index is 0.261. The smallest absolute Gasteiger partial charge is 0.348 e. The standard InChI is InChI=1S/C18H18FNO2S/c1-3-8-20-9-7-12-10-16(18(21)22-4-2)23-17(12)14-6-5-13(19)11-15(14)20/h3,5-6,10-11H,1,4,7-9H2,2H3. The van der Waals surface area contributed by atoms with Crippen LogP contribution in [0.1, 0.15) is 22.2 Å². The number of rotatable bonds is 4. The molecule has 0 atom stereocenters. The number of anilines is 1. The van der Waals surface area contributed by atoms with Crippen molar-refractivity contribution in [2.45, 2.75) is 13.3 Å². The van der Waals surface area contributed by atoms with Gasteiger partial charge in [0, 0.05) is 29.2 Å². The number of nitrogens with zero attached hydrogens (tertiary/aromatic N) is 1. The number of carbonyl (C=O) groups is 1. The number of fused-ring (bicyclic) bond motifs is 3. The first-order valence-corrected chi connectivity index (χ1v) is 8.41. The van der Waals surface area contributed by atoms with Crippen LogP contribution in [0.3, 0.4) is 0 Å². The summed E-state index contributed by atoms with van der Waals surface area (Å²) in [7, 11) is 0. The summed E-state index contributed by atoms with van der Waals surface area (Å²) in [6.45, 7) is 7.35. The van der Waals surface area contributed by atoms with Gasteiger partial charge in [-0.15, -0.1) is 17.9 Å². The van der Waals surface area contributed by atoms with Crippen molar-refractivity contribution in [1.29, 1.82) is 0 Å². The number of halogens is 1. The highest BCUT2D eigenvalue weighted by molar-refractivity contribution is 7.17. The molecule has 1 aliphatic rings. The molecule has 2 aromatic rings. The first-order chi connectivity index (χ1) is 11.1. The third-order valence-electron chi connectivity index (χ3n) is 3.83. The van der Waals surface area contributed by atoms with Crippen LogP contribution in [0.25, 0.3) is 10.4 Å². The third kappa shape index (κ3) is 3.01. The van der Waals surface area contributed by atoms with Crippen LogP contribution in [-0.2, 0) is 11.2 Å². The molecule has 0 spiro atoms. The van der Waals surface area contributed by atoms with E-state index < -0.39 is 0 Å². The van der Waals surface area contributed by atoms with E-state index in [4.69, 9.17) is 4.74 Å². The van der Waals surface area contributed by atoms with E-state index in [2.05, 4.69) is 11.5 Å². The van der Waals surface area contributed by atoms with Crippen LogP contribution in [0.15, 0.2) is 36.9 Å². The van der Waals surface area contributed by atoms with Gasteiger partial charge in [0.1, 0.15) is 10.7 Å². The first-order valence-electron chi connectivity index (χ1n) is 7.59. The van der Waals surface area contributed by atoms with E-state index in [0.717, 1.165) is 34.7 Å². The molecule has 23 heavy (non-hydrogen) atoms. The van der Waals surface area contributed by atoms with E-state index in [-0.39, 0.29) is 11.8 Å². The van der Waals surface area contributed by atoms with Crippen molar-refractivity contribution in [2.75, 3.05) is 24.6 Å². The Balaban J connectivity index is 2.09. The number of thiophene rings is 1. The average Bonchev–Trinajstić information content (AvgIpc) is 2.90. The Labute approximate surface area is 139 Å². The molecule has 0 aliphatic carbocycles. The second kappa shape index (κ2) is 6.54. The summed E-state index contributed by atoms with van der Waals surface area (Å²) in [5, 5.41) is 0. The zero-order valence-corrected chi connectivity index (χ0v) is 13.8. The maximum absolute atomic E-state index is 13.7. The number of carbonyl (C=O) groups excluding carboxylic acids is 1. The van der Waals surface area contributed by atoms with Crippen LogP contribution in [0.2, 0.25) is 0 Å². The Morgan fingerprint density at radius 3 is 3.04 bits per heavy atom. The number of benzene rings is 1. The molecule has 0 saturated heterocycles. The number of ether oxygens (including phenoxy) is 1. The molecule has 5 heteroatoms. The lowest BCUT2D eigenvalue weighted by molar-refractivity contribution is 0.0532. The fourth-order valence-corrected chi connectivity index (χ4v) is 3.96. The van der Waals surface area contributed by atoms with Gasteiger partial charge in [-0.2, -0.15) is 0 Å². The first kappa shape index (κ1) is 15.7. The van der Waals surface area contributed by atoms with Crippen LogP contribution in [0.4, 0.5) is 10.1 Å². The minimum atomic E-state index is -0.294. The fraction of sp³-hybridized carbons (Fsp3) is 0.278. The van der Waals surface area contributed by atoms with Crippen molar-refractivity contribution in [1.82, 2.24) is 0 Å². The largest absolute Gasteiger partial charge is 0.462 e. The van der Waals surface area contributed by atoms with Crippen LogP contribution in [-0.4, -0.2) is 25.7 Å². The summed E-state index contributed by atoms with van der Waals surface area (Å²) in [6, 6.07) is 6.71. The predicted molar refractivity (Wildman–Crippen MR) is 91.8 cm³/mol. The molecule has 0 N–H and O–H groups in total. The number of hydrogen-bond donors (Lipinski definition) is 0. The van der Waals surface area contributed by atoms with Crippen molar-refractivity contribution in [3.8, 4) is 10.4 Å². The van der Waals surface area contributed by atoms with Crippen LogP contribution in [0, 0.1) is 5.82 Å². The molecule has 2 heterocycles. The lowest BCUT2D eigenvalue weighted by Crippen LogP contribution is -2.25. The van der Waals surface area contributed by atoms with Crippen LogP contribution in [0.5, 0.6) is 0 Å². The summed E-state index contributed by atoms with van der Waals surface area (Å²) in [4.78, 5) is 15.7. The third-order valence-corrected chi connectivity index (χ3v) is 5.02. The maximum Gasteiger partial charge on any atom is 0.348 e. The van der Waals surface area contributed by atoms with Gasteiger partial charge in [-0.3, -0.25) is 0 Å². The van der Waals surface area contributed by atoms with Gasteiger partial charge in [-0.1, -0.05) is 6.08 Å². The molecular formula is C18H18FNO2S. The average molecular weight is 331 g/mol. The minimum Gasteiger partial charge on any atom is -0.462 e. The van der Waals surface area contributed by atoms with Crippen LogP contribution < -0.4 is 4.90 Å². The van der Waals surface area contributed by atoms with E-state index in [1.807, 2.05) is 12.1 Å². The maximum atomic E-state index is 13.7. The molecule has 0 fully saturated rings. The summed E-state index contributed by atoms with van der Waals surface area (Å²) in [5.74, 6) is -0.555. The Morgan fingerprint density at radius 1 is 1.48 bits per heavy atom. The summed E-state index contributed by atoms with van der Waals surface area (Å²) in [6.07, 6.45) is 2.62. The van der Waals surface area contributed by atoms with E-state index in [1.165, 1.54) is 17.4 Å². The molecule has 1 aromatic heterocycles. The van der Waals surface area contributed by atoms with Gasteiger partial charge in [-0.25, -0.2) is 9.18 Å². The molecule has 3 nitrogen and oxygen atoms in total. The molecule has 1 aromatic carbocycles. The summed E-state index contributed by atoms with van der Waals surface area (Å²) >= 11 is 1.42. The highest BCUT2D eigenvalue weighted by Gasteiger charge is 2.24. The van der Waals surface area contributed by atoms with E-state index in [9.17, 15) is 9.18 Å². The second-order valence-corrected chi connectivity index (χ2v) is 6.38. The molecular weight excluding hydrogens is 313 g/mol. The van der Waals surface area contributed by atoms with Gasteiger partial charge in [0.05, 0.1) is 6.61 Å². The van der Waals surface area contributed by atoms with Gasteiger partial charge in [0.15, 0.2) is 0 Å². The zero-order chi connectivity index (χ0) is 16.4. The number of hydrogen-bond acceptors (Lipinski definition) is 4. The van der Waals surface area contributed by atoms with Crippen molar-refractivity contribution >= 4 is 23.0 Å². The predicted octanol–water partition coefficient (Wildman–Crippen LogP) is 4.28. The molecule has 0 bridgehead atoms. The van der Waals surface area contributed by atoms with Crippen molar-refractivity contribution in [3.05, 3.63) is 53.2 Å². The van der Waals surface area contributed by atoms with Gasteiger partial charge in [-0.05, 0) is 43.2 Å². The Kier molecular flexibility index (Phi) is 4.48. The van der Waals surface area contributed by atoms with Crippen molar-refractivity contribution in [2.24, 2.45) is 0 Å². The monoisotopic (exact) mass is 331 g/mol. The zero-order valence-electron chi connectivity index (χ0n) is 13.0. The van der Waals surface area contributed by atoms with E-state index in [1.54, 1.807) is 19.1 Å². The van der Waals surface area contributed by atoms with Gasteiger partial charge >= 0.3 is 5.97 Å². The lowest BCUT2D eigenvalue weighted by atomic mass is 10.1. The number of esters is 1. The summed E-state index contributed by atoms with van der Waals surface area (Å²) < 4.78 is 18.8. The van der Waals surface area contributed by atoms with E-state index in [0.29, 0.717) is 18.0 Å². The SMILES string of the molecule is C=CCN1CCc2cc(C(=O)OCC)sc2-c2ccc(F)cc21. The van der Waals surface area contributed by atoms with Crippen molar-refractivity contribution < 1.29 is 13.9 Å². The van der Waals surface area contributed by atoms with Crippen LogP contribution >= 0.6 is 11.3 Å². The molecule has 0 unspecified atom stereocenters.